The molecule has 1 aromatic carbocycles. The lowest BCUT2D eigenvalue weighted by atomic mass is 10.0. The summed E-state index contributed by atoms with van der Waals surface area (Å²) in [7, 11) is 0. The van der Waals surface area contributed by atoms with Crippen molar-refractivity contribution in [2.24, 2.45) is 0 Å². The summed E-state index contributed by atoms with van der Waals surface area (Å²) in [5, 5.41) is 0.929. The topological polar surface area (TPSA) is 0 Å². The van der Waals surface area contributed by atoms with Gasteiger partial charge >= 0.3 is 0 Å². The summed E-state index contributed by atoms with van der Waals surface area (Å²) in [5.74, 6) is 0. The molecule has 15 heavy (non-hydrogen) atoms. The largest absolute Gasteiger partial charge is 0.115 e. The van der Waals surface area contributed by atoms with Crippen LogP contribution in [0.1, 0.15) is 19.4 Å². The zero-order valence-electron chi connectivity index (χ0n) is 7.77. The van der Waals surface area contributed by atoms with Crippen LogP contribution >= 0.6 is 69.6 Å². The van der Waals surface area contributed by atoms with E-state index < -0.39 is 4.87 Å². The van der Waals surface area contributed by atoms with Gasteiger partial charge in [-0.05, 0) is 13.8 Å². The standard InChI is InChI=1S/C9H6Cl6/c1-9(2,15)3-4(10)6(12)8(14)7(13)5(3)11/h1-2H3. The second-order valence-corrected chi connectivity index (χ2v) is 6.25. The first-order valence-electron chi connectivity index (χ1n) is 3.88. The molecule has 6 heteroatoms. The predicted octanol–water partition coefficient (Wildman–Crippen LogP) is 6.43. The summed E-state index contributed by atoms with van der Waals surface area (Å²) in [6, 6.07) is 0. The first-order valence-corrected chi connectivity index (χ1v) is 6.15. The van der Waals surface area contributed by atoms with Gasteiger partial charge in [-0.3, -0.25) is 0 Å². The number of hydrogen-bond donors (Lipinski definition) is 0. The number of alkyl halides is 1. The highest BCUT2D eigenvalue weighted by Gasteiger charge is 2.28. The zero-order chi connectivity index (χ0) is 12.0. The van der Waals surface area contributed by atoms with E-state index in [2.05, 4.69) is 0 Å². The SMILES string of the molecule is CC(C)(Cl)c1c(Cl)c(Cl)c(Cl)c(Cl)c1Cl. The Labute approximate surface area is 118 Å². The molecule has 0 heterocycles. The van der Waals surface area contributed by atoms with Crippen molar-refractivity contribution in [2.75, 3.05) is 0 Å². The van der Waals surface area contributed by atoms with Gasteiger partial charge in [0, 0.05) is 5.56 Å². The monoisotopic (exact) mass is 324 g/mol. The molecule has 0 saturated heterocycles. The van der Waals surface area contributed by atoms with Crippen molar-refractivity contribution in [2.45, 2.75) is 18.7 Å². The molecule has 0 spiro atoms. The maximum atomic E-state index is 6.14. The van der Waals surface area contributed by atoms with E-state index >= 15 is 0 Å². The Bertz CT molecular complexity index is 375. The lowest BCUT2D eigenvalue weighted by Crippen LogP contribution is -2.10. The second-order valence-electron chi connectivity index (χ2n) is 3.42. The first kappa shape index (κ1) is 14.0. The van der Waals surface area contributed by atoms with Crippen LogP contribution in [0.5, 0.6) is 0 Å². The van der Waals surface area contributed by atoms with Crippen LogP contribution in [-0.2, 0) is 4.87 Å². The van der Waals surface area contributed by atoms with Crippen molar-refractivity contribution in [1.82, 2.24) is 0 Å². The van der Waals surface area contributed by atoms with Crippen LogP contribution in [0.2, 0.25) is 25.1 Å². The van der Waals surface area contributed by atoms with E-state index in [1.54, 1.807) is 13.8 Å². The van der Waals surface area contributed by atoms with E-state index in [0.29, 0.717) is 5.56 Å². The number of halogens is 6. The third kappa shape index (κ3) is 2.62. The van der Waals surface area contributed by atoms with E-state index in [0.717, 1.165) is 0 Å². The summed E-state index contributed by atoms with van der Waals surface area (Å²) in [5.41, 5.74) is 0.479. The van der Waals surface area contributed by atoms with Crippen molar-refractivity contribution in [3.63, 3.8) is 0 Å². The van der Waals surface area contributed by atoms with E-state index in [-0.39, 0.29) is 25.1 Å². The van der Waals surface area contributed by atoms with Gasteiger partial charge in [0.05, 0.1) is 30.0 Å². The van der Waals surface area contributed by atoms with Crippen LogP contribution in [0.15, 0.2) is 0 Å². The molecule has 0 nitrogen and oxygen atoms in total. The molecule has 0 atom stereocenters. The van der Waals surface area contributed by atoms with Crippen molar-refractivity contribution >= 4 is 69.6 Å². The summed E-state index contributed by atoms with van der Waals surface area (Å²) >= 11 is 35.8. The van der Waals surface area contributed by atoms with E-state index in [4.69, 9.17) is 69.6 Å². The second kappa shape index (κ2) is 4.68. The molecule has 0 N–H and O–H groups in total. The number of hydrogen-bond acceptors (Lipinski definition) is 0. The number of rotatable bonds is 1. The predicted molar refractivity (Wildman–Crippen MR) is 70.4 cm³/mol. The zero-order valence-corrected chi connectivity index (χ0v) is 12.3. The summed E-state index contributed by atoms with van der Waals surface area (Å²) in [4.78, 5) is -0.772. The molecule has 0 aliphatic rings. The number of benzene rings is 1. The van der Waals surface area contributed by atoms with Crippen LogP contribution in [0.25, 0.3) is 0 Å². The molecule has 0 aromatic heterocycles. The van der Waals surface area contributed by atoms with Gasteiger partial charge in [0.1, 0.15) is 0 Å². The fourth-order valence-electron chi connectivity index (χ4n) is 1.13. The van der Waals surface area contributed by atoms with Gasteiger partial charge in [-0.2, -0.15) is 0 Å². The molecule has 84 valence electrons. The molecule has 0 aliphatic heterocycles. The highest BCUT2D eigenvalue weighted by molar-refractivity contribution is 6.55. The Hall–Kier alpha value is 0.960. The maximum absolute atomic E-state index is 6.14. The van der Waals surface area contributed by atoms with Gasteiger partial charge in [0.2, 0.25) is 0 Å². The maximum Gasteiger partial charge on any atom is 0.0809 e. The Morgan fingerprint density at radius 1 is 0.667 bits per heavy atom. The van der Waals surface area contributed by atoms with Crippen LogP contribution in [-0.4, -0.2) is 0 Å². The highest BCUT2D eigenvalue weighted by Crippen LogP contribution is 2.49. The lowest BCUT2D eigenvalue weighted by molar-refractivity contribution is 0.767. The van der Waals surface area contributed by atoms with Gasteiger partial charge < -0.3 is 0 Å². The highest BCUT2D eigenvalue weighted by atomic mass is 35.5. The molecule has 0 fully saturated rings. The van der Waals surface area contributed by atoms with E-state index in [1.165, 1.54) is 0 Å². The lowest BCUT2D eigenvalue weighted by Gasteiger charge is -2.21. The van der Waals surface area contributed by atoms with Crippen LogP contribution in [0.4, 0.5) is 0 Å². The van der Waals surface area contributed by atoms with Crippen LogP contribution in [0, 0.1) is 0 Å². The summed E-state index contributed by atoms with van der Waals surface area (Å²) in [6.07, 6.45) is 0. The normalized spacial score (nSPS) is 12.0. The fraction of sp³-hybridized carbons (Fsp3) is 0.333. The van der Waals surface area contributed by atoms with Gasteiger partial charge in [-0.15, -0.1) is 11.6 Å². The Kier molecular flexibility index (Phi) is 4.37. The first-order chi connectivity index (χ1) is 6.68. The third-order valence-corrected chi connectivity index (χ3v) is 4.27. The van der Waals surface area contributed by atoms with Crippen LogP contribution in [0.3, 0.4) is 0 Å². The smallest absolute Gasteiger partial charge is 0.0809 e. The third-order valence-electron chi connectivity index (χ3n) is 1.80. The summed E-state index contributed by atoms with van der Waals surface area (Å²) < 4.78 is 0. The molecule has 0 unspecified atom stereocenters. The van der Waals surface area contributed by atoms with Gasteiger partial charge in [0.25, 0.3) is 0 Å². The average molecular weight is 327 g/mol. The van der Waals surface area contributed by atoms with Crippen LogP contribution < -0.4 is 0 Å². The van der Waals surface area contributed by atoms with E-state index in [1.807, 2.05) is 0 Å². The van der Waals surface area contributed by atoms with Crippen molar-refractivity contribution in [1.29, 1.82) is 0 Å². The molecule has 1 rings (SSSR count). The minimum absolute atomic E-state index is 0.137. The van der Waals surface area contributed by atoms with Gasteiger partial charge in [0.15, 0.2) is 0 Å². The molecule has 0 aliphatic carbocycles. The molecular formula is C9H6Cl6. The Morgan fingerprint density at radius 2 is 0.933 bits per heavy atom. The molecule has 0 saturated carbocycles. The molecular weight excluding hydrogens is 321 g/mol. The molecule has 0 bridgehead atoms. The molecule has 0 radical (unpaired) electrons. The average Bonchev–Trinajstić information content (AvgIpc) is 2.09. The molecule has 0 amide bonds. The van der Waals surface area contributed by atoms with Crippen molar-refractivity contribution < 1.29 is 0 Å². The minimum Gasteiger partial charge on any atom is -0.115 e. The van der Waals surface area contributed by atoms with E-state index in [9.17, 15) is 0 Å². The van der Waals surface area contributed by atoms with Crippen molar-refractivity contribution in [3.8, 4) is 0 Å². The van der Waals surface area contributed by atoms with Gasteiger partial charge in [-0.1, -0.05) is 58.0 Å². The quantitative estimate of drug-likeness (QED) is 0.317. The fourth-order valence-corrected chi connectivity index (χ4v) is 3.02. The van der Waals surface area contributed by atoms with Crippen molar-refractivity contribution in [3.05, 3.63) is 30.7 Å². The molecule has 1 aromatic rings. The minimum atomic E-state index is -0.772. The Morgan fingerprint density at radius 3 is 1.20 bits per heavy atom. The Balaban J connectivity index is 3.68. The van der Waals surface area contributed by atoms with Gasteiger partial charge in [-0.25, -0.2) is 0 Å². The summed E-state index contributed by atoms with van der Waals surface area (Å²) in [6.45, 7) is 3.48.